The third kappa shape index (κ3) is 3.95. The number of hydrogen-bond acceptors (Lipinski definition) is 3. The summed E-state index contributed by atoms with van der Waals surface area (Å²) >= 11 is 0. The van der Waals surface area contributed by atoms with Crippen LogP contribution in [0, 0.1) is 11.8 Å². The van der Waals surface area contributed by atoms with Crippen LogP contribution in [-0.4, -0.2) is 32.5 Å². The molecule has 2 fully saturated rings. The first-order chi connectivity index (χ1) is 8.61. The average Bonchev–Trinajstić information content (AvgIpc) is 2.70. The summed E-state index contributed by atoms with van der Waals surface area (Å²) in [5.41, 5.74) is 0. The lowest BCUT2D eigenvalue weighted by Crippen LogP contribution is -2.38. The summed E-state index contributed by atoms with van der Waals surface area (Å²) in [5, 5.41) is 3.55. The summed E-state index contributed by atoms with van der Waals surface area (Å²) in [5.74, 6) is 2.00. The molecular weight excluding hydrogens is 246 g/mol. The maximum atomic E-state index is 11.6. The monoisotopic (exact) mass is 273 g/mol. The van der Waals surface area contributed by atoms with Crippen molar-refractivity contribution in [3.63, 3.8) is 0 Å². The minimum Gasteiger partial charge on any atom is -0.314 e. The van der Waals surface area contributed by atoms with Crippen LogP contribution in [0.15, 0.2) is 0 Å². The summed E-state index contributed by atoms with van der Waals surface area (Å²) in [6.07, 6.45) is 8.88. The molecule has 0 bridgehead atoms. The lowest BCUT2D eigenvalue weighted by atomic mass is 9.81. The van der Waals surface area contributed by atoms with Gasteiger partial charge in [0.25, 0.3) is 0 Å². The molecule has 0 aromatic carbocycles. The van der Waals surface area contributed by atoms with Gasteiger partial charge in [0.2, 0.25) is 0 Å². The van der Waals surface area contributed by atoms with Gasteiger partial charge in [-0.3, -0.25) is 0 Å². The van der Waals surface area contributed by atoms with Crippen molar-refractivity contribution in [1.29, 1.82) is 0 Å². The van der Waals surface area contributed by atoms with E-state index in [1.807, 2.05) is 0 Å². The van der Waals surface area contributed by atoms with E-state index in [4.69, 9.17) is 0 Å². The van der Waals surface area contributed by atoms with Crippen LogP contribution < -0.4 is 5.32 Å². The van der Waals surface area contributed by atoms with Crippen molar-refractivity contribution in [3.05, 3.63) is 0 Å². The molecular formula is C14H27NO2S. The molecule has 1 aliphatic carbocycles. The van der Waals surface area contributed by atoms with Crippen LogP contribution in [0.3, 0.4) is 0 Å². The molecule has 0 amide bonds. The fourth-order valence-electron chi connectivity index (χ4n) is 3.63. The summed E-state index contributed by atoms with van der Waals surface area (Å²) in [7, 11) is -2.74. The van der Waals surface area contributed by atoms with Crippen LogP contribution in [-0.2, 0) is 9.84 Å². The topological polar surface area (TPSA) is 46.2 Å². The fourth-order valence-corrected chi connectivity index (χ4v) is 5.51. The molecule has 2 rings (SSSR count). The van der Waals surface area contributed by atoms with Crippen LogP contribution in [0.1, 0.15) is 51.9 Å². The third-order valence-electron chi connectivity index (χ3n) is 4.62. The van der Waals surface area contributed by atoms with Crippen molar-refractivity contribution < 1.29 is 8.42 Å². The normalized spacial score (nSPS) is 30.4. The molecule has 2 unspecified atom stereocenters. The highest BCUT2D eigenvalue weighted by atomic mass is 32.2. The quantitative estimate of drug-likeness (QED) is 0.836. The van der Waals surface area contributed by atoms with Crippen molar-refractivity contribution in [2.24, 2.45) is 11.8 Å². The Morgan fingerprint density at radius 1 is 1.17 bits per heavy atom. The number of rotatable bonds is 5. The molecule has 0 aromatic heterocycles. The van der Waals surface area contributed by atoms with E-state index in [1.54, 1.807) is 0 Å². The SMILES string of the molecule is CCNC(CC1CCCCC1)C1CCS(=O)(=O)C1. The largest absolute Gasteiger partial charge is 0.314 e. The Hall–Kier alpha value is -0.0900. The van der Waals surface area contributed by atoms with Gasteiger partial charge < -0.3 is 5.32 Å². The van der Waals surface area contributed by atoms with E-state index in [9.17, 15) is 8.42 Å². The molecule has 0 radical (unpaired) electrons. The molecule has 1 heterocycles. The zero-order chi connectivity index (χ0) is 13.0. The summed E-state index contributed by atoms with van der Waals surface area (Å²) in [6.45, 7) is 3.07. The van der Waals surface area contributed by atoms with Crippen molar-refractivity contribution in [1.82, 2.24) is 5.32 Å². The van der Waals surface area contributed by atoms with Crippen LogP contribution in [0.2, 0.25) is 0 Å². The summed E-state index contributed by atoms with van der Waals surface area (Å²) in [6, 6.07) is 0.426. The molecule has 0 spiro atoms. The van der Waals surface area contributed by atoms with Crippen LogP contribution >= 0.6 is 0 Å². The predicted molar refractivity (Wildman–Crippen MR) is 75.4 cm³/mol. The van der Waals surface area contributed by atoms with E-state index in [1.165, 1.54) is 38.5 Å². The van der Waals surface area contributed by atoms with Crippen molar-refractivity contribution in [3.8, 4) is 0 Å². The Morgan fingerprint density at radius 3 is 2.44 bits per heavy atom. The third-order valence-corrected chi connectivity index (χ3v) is 6.41. The lowest BCUT2D eigenvalue weighted by Gasteiger charge is -2.30. The van der Waals surface area contributed by atoms with E-state index in [2.05, 4.69) is 12.2 Å². The van der Waals surface area contributed by atoms with E-state index < -0.39 is 9.84 Å². The number of sulfone groups is 1. The highest BCUT2D eigenvalue weighted by Crippen LogP contribution is 2.31. The van der Waals surface area contributed by atoms with Crippen LogP contribution in [0.25, 0.3) is 0 Å². The molecule has 4 heteroatoms. The second-order valence-electron chi connectivity index (χ2n) is 6.07. The Bertz CT molecular complexity index is 347. The summed E-state index contributed by atoms with van der Waals surface area (Å²) < 4.78 is 23.2. The minimum absolute atomic E-state index is 0.358. The standard InChI is InChI=1S/C14H27NO2S/c1-2-15-14(10-12-6-4-3-5-7-12)13-8-9-18(16,17)11-13/h12-15H,2-11H2,1H3. The van der Waals surface area contributed by atoms with E-state index in [0.29, 0.717) is 23.5 Å². The molecule has 18 heavy (non-hydrogen) atoms. The van der Waals surface area contributed by atoms with Gasteiger partial charge in [-0.1, -0.05) is 39.0 Å². The highest BCUT2D eigenvalue weighted by molar-refractivity contribution is 7.91. The Labute approximate surface area is 112 Å². The zero-order valence-electron chi connectivity index (χ0n) is 11.5. The first-order valence-electron chi connectivity index (χ1n) is 7.54. The lowest BCUT2D eigenvalue weighted by molar-refractivity contribution is 0.262. The molecule has 3 nitrogen and oxygen atoms in total. The van der Waals surface area contributed by atoms with Crippen LogP contribution in [0.5, 0.6) is 0 Å². The van der Waals surface area contributed by atoms with Crippen molar-refractivity contribution in [2.75, 3.05) is 18.1 Å². The first kappa shape index (κ1) is 14.3. The second kappa shape index (κ2) is 6.38. The Morgan fingerprint density at radius 2 is 1.89 bits per heavy atom. The van der Waals surface area contributed by atoms with Crippen LogP contribution in [0.4, 0.5) is 0 Å². The molecule has 1 saturated heterocycles. The number of hydrogen-bond donors (Lipinski definition) is 1. The van der Waals surface area contributed by atoms with E-state index in [-0.39, 0.29) is 0 Å². The average molecular weight is 273 g/mol. The molecule has 2 atom stereocenters. The molecule has 1 N–H and O–H groups in total. The first-order valence-corrected chi connectivity index (χ1v) is 9.36. The molecule has 2 aliphatic rings. The highest BCUT2D eigenvalue weighted by Gasteiger charge is 2.34. The fraction of sp³-hybridized carbons (Fsp3) is 1.00. The van der Waals surface area contributed by atoms with Gasteiger partial charge in [0.1, 0.15) is 0 Å². The Balaban J connectivity index is 1.90. The van der Waals surface area contributed by atoms with Gasteiger partial charge in [-0.05, 0) is 31.2 Å². The maximum Gasteiger partial charge on any atom is 0.150 e. The zero-order valence-corrected chi connectivity index (χ0v) is 12.3. The van der Waals surface area contributed by atoms with Gasteiger partial charge >= 0.3 is 0 Å². The van der Waals surface area contributed by atoms with E-state index in [0.717, 1.165) is 18.9 Å². The molecule has 1 saturated carbocycles. The van der Waals surface area contributed by atoms with Gasteiger partial charge in [0, 0.05) is 6.04 Å². The van der Waals surface area contributed by atoms with Gasteiger partial charge in [-0.2, -0.15) is 0 Å². The van der Waals surface area contributed by atoms with Gasteiger partial charge in [-0.15, -0.1) is 0 Å². The van der Waals surface area contributed by atoms with Gasteiger partial charge in [-0.25, -0.2) is 8.42 Å². The molecule has 0 aromatic rings. The molecule has 1 aliphatic heterocycles. The van der Waals surface area contributed by atoms with Crippen molar-refractivity contribution in [2.45, 2.75) is 57.9 Å². The minimum atomic E-state index is -2.74. The smallest absolute Gasteiger partial charge is 0.150 e. The maximum absolute atomic E-state index is 11.6. The number of nitrogens with one attached hydrogen (secondary N) is 1. The predicted octanol–water partition coefficient (Wildman–Crippen LogP) is 2.37. The Kier molecular flexibility index (Phi) is 5.07. The van der Waals surface area contributed by atoms with Gasteiger partial charge in [0.05, 0.1) is 11.5 Å². The second-order valence-corrected chi connectivity index (χ2v) is 8.30. The molecule has 106 valence electrons. The van der Waals surface area contributed by atoms with Gasteiger partial charge in [0.15, 0.2) is 9.84 Å². The van der Waals surface area contributed by atoms with E-state index >= 15 is 0 Å². The summed E-state index contributed by atoms with van der Waals surface area (Å²) in [4.78, 5) is 0. The van der Waals surface area contributed by atoms with Crippen molar-refractivity contribution >= 4 is 9.84 Å².